The standard InChI is InChI=1S/C13H22N4O/c1(3-12-4-2-8-18-12)7-17-10-15-13(16-17)9-14-11-5-6-11/h10-12,14H,1-9H2. The summed E-state index contributed by atoms with van der Waals surface area (Å²) in [7, 11) is 0. The maximum Gasteiger partial charge on any atom is 0.164 e. The Morgan fingerprint density at radius 1 is 1.39 bits per heavy atom. The number of rotatable bonds is 7. The quantitative estimate of drug-likeness (QED) is 0.796. The third-order valence-electron chi connectivity index (χ3n) is 3.65. The molecule has 1 saturated carbocycles. The second-order valence-corrected chi connectivity index (χ2v) is 5.36. The smallest absolute Gasteiger partial charge is 0.164 e. The summed E-state index contributed by atoms with van der Waals surface area (Å²) in [5, 5.41) is 7.91. The van der Waals surface area contributed by atoms with E-state index in [9.17, 15) is 0 Å². The van der Waals surface area contributed by atoms with Crippen LogP contribution in [-0.2, 0) is 17.8 Å². The van der Waals surface area contributed by atoms with Crippen molar-refractivity contribution < 1.29 is 4.74 Å². The number of hydrogen-bond donors (Lipinski definition) is 1. The van der Waals surface area contributed by atoms with Crippen molar-refractivity contribution in [3.05, 3.63) is 12.2 Å². The fraction of sp³-hybridized carbons (Fsp3) is 0.846. The minimum absolute atomic E-state index is 0.490. The van der Waals surface area contributed by atoms with E-state index in [0.717, 1.165) is 44.4 Å². The molecule has 0 aromatic carbocycles. The molecular weight excluding hydrogens is 228 g/mol. The Morgan fingerprint density at radius 3 is 3.11 bits per heavy atom. The van der Waals surface area contributed by atoms with E-state index >= 15 is 0 Å². The molecule has 1 aromatic heterocycles. The Morgan fingerprint density at radius 2 is 2.33 bits per heavy atom. The normalized spacial score (nSPS) is 23.7. The molecule has 0 radical (unpaired) electrons. The molecule has 5 nitrogen and oxygen atoms in total. The summed E-state index contributed by atoms with van der Waals surface area (Å²) in [6.07, 6.45) is 9.69. The van der Waals surface area contributed by atoms with E-state index in [-0.39, 0.29) is 0 Å². The molecule has 1 aromatic rings. The van der Waals surface area contributed by atoms with Gasteiger partial charge in [0.15, 0.2) is 5.82 Å². The molecule has 1 atom stereocenters. The molecule has 1 unspecified atom stereocenters. The summed E-state index contributed by atoms with van der Waals surface area (Å²) in [5.74, 6) is 0.916. The highest BCUT2D eigenvalue weighted by Gasteiger charge is 2.20. The van der Waals surface area contributed by atoms with Crippen molar-refractivity contribution in [3.63, 3.8) is 0 Å². The van der Waals surface area contributed by atoms with Crippen molar-refractivity contribution in [1.82, 2.24) is 20.1 Å². The number of nitrogens with one attached hydrogen (secondary N) is 1. The van der Waals surface area contributed by atoms with E-state index in [0.29, 0.717) is 6.10 Å². The van der Waals surface area contributed by atoms with Gasteiger partial charge in [-0.15, -0.1) is 0 Å². The summed E-state index contributed by atoms with van der Waals surface area (Å²) in [5.41, 5.74) is 0. The summed E-state index contributed by atoms with van der Waals surface area (Å²) in [6.45, 7) is 2.71. The lowest BCUT2D eigenvalue weighted by Crippen LogP contribution is -2.16. The average Bonchev–Trinajstić information content (AvgIpc) is 2.89. The van der Waals surface area contributed by atoms with Crippen LogP contribution in [0.2, 0.25) is 0 Å². The van der Waals surface area contributed by atoms with Crippen LogP contribution in [0.5, 0.6) is 0 Å². The molecule has 3 rings (SSSR count). The van der Waals surface area contributed by atoms with Gasteiger partial charge in [0.2, 0.25) is 0 Å². The Kier molecular flexibility index (Phi) is 3.90. The number of ether oxygens (including phenoxy) is 1. The molecular formula is C13H22N4O. The van der Waals surface area contributed by atoms with E-state index in [1.165, 1.54) is 25.7 Å². The molecule has 1 N–H and O–H groups in total. The van der Waals surface area contributed by atoms with Crippen LogP contribution in [0.15, 0.2) is 6.33 Å². The van der Waals surface area contributed by atoms with Gasteiger partial charge < -0.3 is 10.1 Å². The van der Waals surface area contributed by atoms with Crippen molar-refractivity contribution in [2.45, 2.75) is 63.8 Å². The number of aromatic nitrogens is 3. The van der Waals surface area contributed by atoms with Gasteiger partial charge in [0.1, 0.15) is 6.33 Å². The first-order valence-electron chi connectivity index (χ1n) is 7.13. The fourth-order valence-corrected chi connectivity index (χ4v) is 2.40. The zero-order chi connectivity index (χ0) is 12.2. The van der Waals surface area contributed by atoms with Crippen molar-refractivity contribution in [1.29, 1.82) is 0 Å². The predicted molar refractivity (Wildman–Crippen MR) is 68.1 cm³/mol. The van der Waals surface area contributed by atoms with E-state index in [1.54, 1.807) is 0 Å². The Labute approximate surface area is 108 Å². The van der Waals surface area contributed by atoms with Gasteiger partial charge in [0, 0.05) is 19.2 Å². The van der Waals surface area contributed by atoms with E-state index < -0.39 is 0 Å². The maximum atomic E-state index is 5.61. The molecule has 0 spiro atoms. The van der Waals surface area contributed by atoms with E-state index in [1.807, 2.05) is 11.0 Å². The number of nitrogens with zero attached hydrogens (tertiary/aromatic N) is 3. The lowest BCUT2D eigenvalue weighted by Gasteiger charge is -2.08. The molecule has 1 aliphatic heterocycles. The van der Waals surface area contributed by atoms with Crippen molar-refractivity contribution in [2.24, 2.45) is 0 Å². The molecule has 1 saturated heterocycles. The largest absolute Gasteiger partial charge is 0.378 e. The number of hydrogen-bond acceptors (Lipinski definition) is 4. The lowest BCUT2D eigenvalue weighted by atomic mass is 10.1. The molecule has 18 heavy (non-hydrogen) atoms. The third kappa shape index (κ3) is 3.53. The average molecular weight is 250 g/mol. The zero-order valence-electron chi connectivity index (χ0n) is 10.8. The highest BCUT2D eigenvalue weighted by molar-refractivity contribution is 4.87. The second-order valence-electron chi connectivity index (χ2n) is 5.36. The predicted octanol–water partition coefficient (Wildman–Crippen LogP) is 1.49. The highest BCUT2D eigenvalue weighted by Crippen LogP contribution is 2.19. The molecule has 0 amide bonds. The van der Waals surface area contributed by atoms with Crippen LogP contribution < -0.4 is 5.32 Å². The molecule has 0 bridgehead atoms. The first-order valence-corrected chi connectivity index (χ1v) is 7.13. The topological polar surface area (TPSA) is 52.0 Å². The van der Waals surface area contributed by atoms with Crippen LogP contribution in [0.3, 0.4) is 0 Å². The number of aryl methyl sites for hydroxylation is 1. The van der Waals surface area contributed by atoms with Gasteiger partial charge in [0.05, 0.1) is 12.6 Å². The molecule has 1 aliphatic carbocycles. The molecule has 5 heteroatoms. The van der Waals surface area contributed by atoms with E-state index in [2.05, 4.69) is 15.4 Å². The lowest BCUT2D eigenvalue weighted by molar-refractivity contribution is 0.101. The van der Waals surface area contributed by atoms with Crippen LogP contribution in [0.25, 0.3) is 0 Å². The van der Waals surface area contributed by atoms with Crippen LogP contribution in [0, 0.1) is 0 Å². The van der Waals surface area contributed by atoms with Gasteiger partial charge in [-0.3, -0.25) is 4.68 Å². The third-order valence-corrected chi connectivity index (χ3v) is 3.65. The minimum Gasteiger partial charge on any atom is -0.378 e. The fourth-order valence-electron chi connectivity index (χ4n) is 2.40. The summed E-state index contributed by atoms with van der Waals surface area (Å²) >= 11 is 0. The minimum atomic E-state index is 0.490. The molecule has 2 fully saturated rings. The molecule has 100 valence electrons. The van der Waals surface area contributed by atoms with Gasteiger partial charge in [-0.05, 0) is 38.5 Å². The van der Waals surface area contributed by atoms with Crippen molar-refractivity contribution in [3.8, 4) is 0 Å². The van der Waals surface area contributed by atoms with Crippen LogP contribution in [-0.4, -0.2) is 33.5 Å². The summed E-state index contributed by atoms with van der Waals surface area (Å²) < 4.78 is 7.57. The van der Waals surface area contributed by atoms with Crippen molar-refractivity contribution in [2.75, 3.05) is 6.61 Å². The maximum absolute atomic E-state index is 5.61. The SMILES string of the molecule is c1nc(CNC2CC2)nn1CCCC1CCCO1. The Bertz CT molecular complexity index is 369. The zero-order valence-corrected chi connectivity index (χ0v) is 10.8. The monoisotopic (exact) mass is 250 g/mol. The van der Waals surface area contributed by atoms with Gasteiger partial charge in [0.25, 0.3) is 0 Å². The van der Waals surface area contributed by atoms with Gasteiger partial charge in [-0.1, -0.05) is 0 Å². The van der Waals surface area contributed by atoms with Crippen LogP contribution in [0.4, 0.5) is 0 Å². The van der Waals surface area contributed by atoms with Crippen molar-refractivity contribution >= 4 is 0 Å². The Hall–Kier alpha value is -0.940. The second kappa shape index (κ2) is 5.80. The van der Waals surface area contributed by atoms with Crippen LogP contribution in [0.1, 0.15) is 44.3 Å². The highest BCUT2D eigenvalue weighted by atomic mass is 16.5. The van der Waals surface area contributed by atoms with E-state index in [4.69, 9.17) is 4.74 Å². The van der Waals surface area contributed by atoms with Crippen LogP contribution >= 0.6 is 0 Å². The van der Waals surface area contributed by atoms with Gasteiger partial charge in [-0.25, -0.2) is 4.98 Å². The summed E-state index contributed by atoms with van der Waals surface area (Å²) in [6, 6.07) is 0.719. The Balaban J connectivity index is 1.36. The summed E-state index contributed by atoms with van der Waals surface area (Å²) in [4.78, 5) is 4.32. The molecule has 2 aliphatic rings. The van der Waals surface area contributed by atoms with Gasteiger partial charge in [-0.2, -0.15) is 5.10 Å². The molecule has 2 heterocycles. The van der Waals surface area contributed by atoms with Gasteiger partial charge >= 0.3 is 0 Å². The first-order chi connectivity index (χ1) is 8.90. The first kappa shape index (κ1) is 12.1.